The third kappa shape index (κ3) is 3.50. The summed E-state index contributed by atoms with van der Waals surface area (Å²) in [6.45, 7) is 6.70. The summed E-state index contributed by atoms with van der Waals surface area (Å²) < 4.78 is 11.6. The second kappa shape index (κ2) is 8.13. The van der Waals surface area contributed by atoms with Gasteiger partial charge in [-0.2, -0.15) is 5.10 Å². The lowest BCUT2D eigenvalue weighted by molar-refractivity contribution is -0.122. The van der Waals surface area contributed by atoms with E-state index in [0.29, 0.717) is 18.4 Å². The summed E-state index contributed by atoms with van der Waals surface area (Å²) in [5.41, 5.74) is 7.10. The Hall–Kier alpha value is -3.06. The van der Waals surface area contributed by atoms with Crippen LogP contribution in [0.3, 0.4) is 0 Å². The van der Waals surface area contributed by atoms with Crippen molar-refractivity contribution in [1.29, 1.82) is 0 Å². The first-order chi connectivity index (χ1) is 15.5. The van der Waals surface area contributed by atoms with E-state index in [2.05, 4.69) is 53.7 Å². The fourth-order valence-corrected chi connectivity index (χ4v) is 5.25. The topological polar surface area (TPSA) is 66.4 Å². The van der Waals surface area contributed by atoms with Crippen molar-refractivity contribution in [3.8, 4) is 22.6 Å². The van der Waals surface area contributed by atoms with Crippen molar-refractivity contribution in [3.63, 3.8) is 0 Å². The molecular weight excluding hydrogens is 404 g/mol. The molecule has 3 aliphatic rings. The van der Waals surface area contributed by atoms with Crippen LogP contribution in [0.5, 0.6) is 11.5 Å². The highest BCUT2D eigenvalue weighted by atomic mass is 16.5. The maximum Gasteiger partial charge on any atom is 0.262 e. The van der Waals surface area contributed by atoms with Crippen LogP contribution in [0.2, 0.25) is 0 Å². The molecule has 0 aromatic heterocycles. The summed E-state index contributed by atoms with van der Waals surface area (Å²) in [7, 11) is 3.88. The van der Waals surface area contributed by atoms with Crippen LogP contribution in [0.25, 0.3) is 11.1 Å². The van der Waals surface area contributed by atoms with Gasteiger partial charge in [-0.3, -0.25) is 4.79 Å². The van der Waals surface area contributed by atoms with Gasteiger partial charge in [0.15, 0.2) is 5.84 Å². The highest BCUT2D eigenvalue weighted by Crippen LogP contribution is 2.46. The van der Waals surface area contributed by atoms with E-state index in [0.717, 1.165) is 48.1 Å². The number of benzene rings is 2. The lowest BCUT2D eigenvalue weighted by Crippen LogP contribution is -2.55. The Morgan fingerprint density at radius 1 is 1.22 bits per heavy atom. The first-order valence-electron chi connectivity index (χ1n) is 11.3. The molecule has 0 bridgehead atoms. The second-order valence-electron chi connectivity index (χ2n) is 9.11. The molecule has 3 aliphatic heterocycles. The number of amides is 1. The highest BCUT2D eigenvalue weighted by molar-refractivity contribution is 6.09. The van der Waals surface area contributed by atoms with Gasteiger partial charge in [-0.05, 0) is 79.7 Å². The Balaban J connectivity index is 1.68. The minimum absolute atomic E-state index is 0.104. The third-order valence-electron chi connectivity index (χ3n) is 6.98. The number of methoxy groups -OCH3 is 1. The van der Waals surface area contributed by atoms with E-state index < -0.39 is 0 Å². The molecule has 168 valence electrons. The Morgan fingerprint density at radius 2 is 2.06 bits per heavy atom. The zero-order chi connectivity index (χ0) is 22.4. The highest BCUT2D eigenvalue weighted by Gasteiger charge is 2.37. The number of piperidine rings is 1. The number of ether oxygens (including phenoxy) is 2. The maximum absolute atomic E-state index is 12.4. The Bertz CT molecular complexity index is 1080. The van der Waals surface area contributed by atoms with Gasteiger partial charge in [-0.25, -0.2) is 5.43 Å². The number of hydrogen-bond donors (Lipinski definition) is 1. The molecule has 1 N–H and O–H groups in total. The third-order valence-corrected chi connectivity index (χ3v) is 6.98. The lowest BCUT2D eigenvalue weighted by atomic mass is 9.78. The monoisotopic (exact) mass is 434 g/mol. The molecule has 3 atom stereocenters. The van der Waals surface area contributed by atoms with Crippen LogP contribution < -0.4 is 19.8 Å². The summed E-state index contributed by atoms with van der Waals surface area (Å²) in [6, 6.07) is 12.2. The van der Waals surface area contributed by atoms with Gasteiger partial charge >= 0.3 is 0 Å². The minimum Gasteiger partial charge on any atom is -0.497 e. The van der Waals surface area contributed by atoms with E-state index in [1.807, 2.05) is 24.0 Å². The number of amidine groups is 1. The molecule has 0 spiro atoms. The molecule has 1 saturated heterocycles. The summed E-state index contributed by atoms with van der Waals surface area (Å²) in [5, 5.41) is 4.25. The first kappa shape index (κ1) is 20.8. The van der Waals surface area contributed by atoms with Gasteiger partial charge in [0.2, 0.25) is 0 Å². The van der Waals surface area contributed by atoms with E-state index in [1.165, 1.54) is 11.1 Å². The minimum atomic E-state index is -0.337. The summed E-state index contributed by atoms with van der Waals surface area (Å²) in [4.78, 5) is 16.8. The van der Waals surface area contributed by atoms with Crippen LogP contribution in [0, 0.1) is 5.92 Å². The number of hydrazone groups is 1. The smallest absolute Gasteiger partial charge is 0.262 e. The molecule has 2 aromatic carbocycles. The molecule has 0 aliphatic carbocycles. The molecule has 7 nitrogen and oxygen atoms in total. The van der Waals surface area contributed by atoms with Crippen molar-refractivity contribution in [2.45, 2.75) is 32.2 Å². The van der Waals surface area contributed by atoms with E-state index in [4.69, 9.17) is 9.47 Å². The van der Waals surface area contributed by atoms with Crippen LogP contribution in [-0.4, -0.2) is 56.5 Å². The number of likely N-dealkylation sites (tertiary alicyclic amines) is 1. The number of hydrogen-bond acceptors (Lipinski definition) is 6. The lowest BCUT2D eigenvalue weighted by Gasteiger charge is -2.40. The van der Waals surface area contributed by atoms with E-state index >= 15 is 0 Å². The van der Waals surface area contributed by atoms with Gasteiger partial charge in [-0.1, -0.05) is 19.1 Å². The summed E-state index contributed by atoms with van der Waals surface area (Å²) in [5.74, 6) is 3.17. The van der Waals surface area contributed by atoms with E-state index in [9.17, 15) is 4.79 Å². The fourth-order valence-electron chi connectivity index (χ4n) is 5.25. The standard InChI is InChI=1S/C25H30N4O3/c1-15-13-28(3)9-8-19(15)21-11-22-23(12-20(21)17-6-5-7-18(10-17)31-4)32-14-24-26-27-25(30)16(2)29(22)24/h5-7,10-12,15-16,19H,8-9,13-14H2,1-4H3,(H,27,30)/t15-,16?,19+/m0/s1. The van der Waals surface area contributed by atoms with Gasteiger partial charge in [-0.15, -0.1) is 0 Å². The van der Waals surface area contributed by atoms with Crippen LogP contribution >= 0.6 is 0 Å². The van der Waals surface area contributed by atoms with E-state index in [1.54, 1.807) is 7.11 Å². The zero-order valence-corrected chi connectivity index (χ0v) is 19.1. The number of carbonyl (C=O) groups excluding carboxylic acids is 1. The zero-order valence-electron chi connectivity index (χ0n) is 19.1. The number of nitrogens with one attached hydrogen (secondary N) is 1. The van der Waals surface area contributed by atoms with Crippen molar-refractivity contribution in [1.82, 2.24) is 10.3 Å². The van der Waals surface area contributed by atoms with Gasteiger partial charge < -0.3 is 19.3 Å². The van der Waals surface area contributed by atoms with Gasteiger partial charge in [0.05, 0.1) is 12.8 Å². The average Bonchev–Trinajstić information content (AvgIpc) is 2.80. The van der Waals surface area contributed by atoms with Gasteiger partial charge in [0.1, 0.15) is 24.1 Å². The number of rotatable bonds is 3. The fraction of sp³-hybridized carbons (Fsp3) is 0.440. The number of fused-ring (bicyclic) bond motifs is 3. The van der Waals surface area contributed by atoms with E-state index in [-0.39, 0.29) is 11.9 Å². The average molecular weight is 435 g/mol. The molecule has 5 rings (SSSR count). The van der Waals surface area contributed by atoms with Crippen molar-refractivity contribution in [2.24, 2.45) is 11.0 Å². The Labute approximate surface area is 189 Å². The largest absolute Gasteiger partial charge is 0.497 e. The second-order valence-corrected chi connectivity index (χ2v) is 9.11. The molecule has 3 heterocycles. The molecule has 7 heteroatoms. The first-order valence-corrected chi connectivity index (χ1v) is 11.3. The summed E-state index contributed by atoms with van der Waals surface area (Å²) >= 11 is 0. The van der Waals surface area contributed by atoms with Crippen molar-refractivity contribution in [2.75, 3.05) is 38.8 Å². The number of nitrogens with zero attached hydrogens (tertiary/aromatic N) is 3. The normalized spacial score (nSPS) is 25.2. The molecule has 0 saturated carbocycles. The Morgan fingerprint density at radius 3 is 2.84 bits per heavy atom. The maximum atomic E-state index is 12.4. The molecule has 0 radical (unpaired) electrons. The van der Waals surface area contributed by atoms with Crippen molar-refractivity contribution < 1.29 is 14.3 Å². The summed E-state index contributed by atoms with van der Waals surface area (Å²) in [6.07, 6.45) is 1.09. The molecule has 1 amide bonds. The van der Waals surface area contributed by atoms with Crippen LogP contribution in [0.4, 0.5) is 5.69 Å². The predicted octanol–water partition coefficient (Wildman–Crippen LogP) is 3.45. The molecule has 1 fully saturated rings. The van der Waals surface area contributed by atoms with Crippen molar-refractivity contribution >= 4 is 17.4 Å². The van der Waals surface area contributed by atoms with Crippen LogP contribution in [0.15, 0.2) is 41.5 Å². The molecule has 1 unspecified atom stereocenters. The van der Waals surface area contributed by atoms with Crippen LogP contribution in [0.1, 0.15) is 31.7 Å². The predicted molar refractivity (Wildman–Crippen MR) is 125 cm³/mol. The van der Waals surface area contributed by atoms with Gasteiger partial charge in [0, 0.05) is 6.54 Å². The molecule has 32 heavy (non-hydrogen) atoms. The number of carbonyl (C=O) groups is 1. The molecule has 2 aromatic rings. The van der Waals surface area contributed by atoms with Crippen LogP contribution in [-0.2, 0) is 4.79 Å². The quantitative estimate of drug-likeness (QED) is 0.802. The Kier molecular flexibility index (Phi) is 5.29. The van der Waals surface area contributed by atoms with Gasteiger partial charge in [0.25, 0.3) is 5.91 Å². The molecular formula is C25H30N4O3. The number of anilines is 1. The van der Waals surface area contributed by atoms with Crippen molar-refractivity contribution in [3.05, 3.63) is 42.0 Å². The SMILES string of the molecule is COc1cccc(-c2cc3c(cc2[C@@H]2CCN(C)C[C@@H]2C)N2C(=NNC(=O)C2C)CO3)c1.